The summed E-state index contributed by atoms with van der Waals surface area (Å²) in [6.07, 6.45) is 4.22. The highest BCUT2D eigenvalue weighted by atomic mass is 19.4. The lowest BCUT2D eigenvalue weighted by molar-refractivity contribution is -0.956. The Bertz CT molecular complexity index is 1360. The van der Waals surface area contributed by atoms with Gasteiger partial charge in [-0.15, -0.1) is 0 Å². The summed E-state index contributed by atoms with van der Waals surface area (Å²) in [5, 5.41) is 15.2. The fraction of sp³-hybridized carbons (Fsp3) is 0.500. The number of aromatic nitrogens is 1. The summed E-state index contributed by atoms with van der Waals surface area (Å²) in [7, 11) is 0. The van der Waals surface area contributed by atoms with Gasteiger partial charge in [0, 0.05) is 24.3 Å². The molecule has 2 aromatic carbocycles. The second-order valence-corrected chi connectivity index (χ2v) is 12.2. The molecule has 4 fully saturated rings. The Hall–Kier alpha value is -3.17. The predicted molar refractivity (Wildman–Crippen MR) is 147 cm³/mol. The molecule has 1 saturated carbocycles. The Morgan fingerprint density at radius 3 is 2.39 bits per heavy atom. The van der Waals surface area contributed by atoms with Crippen LogP contribution in [0, 0.1) is 11.8 Å². The van der Waals surface area contributed by atoms with E-state index in [4.69, 9.17) is 4.42 Å². The van der Waals surface area contributed by atoms with Crippen molar-refractivity contribution in [3.63, 3.8) is 0 Å². The lowest BCUT2D eigenvalue weighted by Gasteiger charge is -2.52. The maximum Gasteiger partial charge on any atom is 0.416 e. The van der Waals surface area contributed by atoms with Crippen molar-refractivity contribution in [1.82, 2.24) is 10.3 Å². The number of piperidine rings is 3. The van der Waals surface area contributed by atoms with Crippen molar-refractivity contribution >= 4 is 5.91 Å². The van der Waals surface area contributed by atoms with E-state index in [9.17, 15) is 23.1 Å². The van der Waals surface area contributed by atoms with Crippen LogP contribution in [0.1, 0.15) is 78.1 Å². The number of halogens is 3. The van der Waals surface area contributed by atoms with E-state index in [1.54, 1.807) is 6.20 Å². The van der Waals surface area contributed by atoms with Gasteiger partial charge in [0.1, 0.15) is 6.54 Å². The number of hydrogen-bond acceptors (Lipinski definition) is 4. The Balaban J connectivity index is 1.19. The zero-order valence-electron chi connectivity index (χ0n) is 23.1. The third kappa shape index (κ3) is 5.54. The lowest BCUT2D eigenvalue weighted by atomic mass is 9.73. The molecule has 1 aliphatic carbocycles. The van der Waals surface area contributed by atoms with Gasteiger partial charge >= 0.3 is 6.18 Å². The van der Waals surface area contributed by atoms with Crippen LogP contribution in [0.4, 0.5) is 13.2 Å². The highest BCUT2D eigenvalue weighted by molar-refractivity contribution is 5.94. The molecule has 41 heavy (non-hydrogen) atoms. The second kappa shape index (κ2) is 10.9. The Morgan fingerprint density at radius 2 is 1.68 bits per heavy atom. The molecule has 218 valence electrons. The van der Waals surface area contributed by atoms with E-state index < -0.39 is 23.2 Å². The number of nitrogens with one attached hydrogen (secondary N) is 1. The van der Waals surface area contributed by atoms with Crippen LogP contribution in [-0.2, 0) is 18.3 Å². The summed E-state index contributed by atoms with van der Waals surface area (Å²) in [6.45, 7) is 3.13. The Labute approximate surface area is 238 Å². The first-order valence-electron chi connectivity index (χ1n) is 14.7. The number of quaternary nitrogens is 1. The molecule has 7 rings (SSSR count). The predicted octanol–water partition coefficient (Wildman–Crippen LogP) is 6.05. The van der Waals surface area contributed by atoms with Gasteiger partial charge in [-0.1, -0.05) is 55.7 Å². The van der Waals surface area contributed by atoms with Crippen molar-refractivity contribution in [3.05, 3.63) is 89.1 Å². The second-order valence-electron chi connectivity index (χ2n) is 12.2. The lowest BCUT2D eigenvalue weighted by Crippen LogP contribution is -2.66. The van der Waals surface area contributed by atoms with E-state index in [1.165, 1.54) is 18.6 Å². The number of aliphatic hydroxyl groups is 1. The van der Waals surface area contributed by atoms with Crippen LogP contribution in [0.15, 0.2) is 65.2 Å². The normalized spacial score (nSPS) is 26.4. The van der Waals surface area contributed by atoms with Crippen molar-refractivity contribution < 1.29 is 32.0 Å². The van der Waals surface area contributed by atoms with Crippen LogP contribution in [0.25, 0.3) is 0 Å². The topological polar surface area (TPSA) is 75.4 Å². The average Bonchev–Trinajstić information content (AvgIpc) is 3.46. The number of amides is 1. The van der Waals surface area contributed by atoms with Gasteiger partial charge in [0.2, 0.25) is 5.89 Å². The standard InChI is InChI=1S/C32H36F3N3O3/c33-32(34,35)26-13-7-8-23(18-26)29(39)37-28-21-38(16-14-22(28)15-17-38)20-27-19-36-30(41-27)31(40,24-9-3-1-4-10-24)25-11-5-2-6-12-25/h1,3-4,7-10,13,18-19,22,25,28,40H,2,5-6,11-12,14-17,20-21H2/p+1/t22?,28-,31+,38?/m1/s1. The van der Waals surface area contributed by atoms with Crippen LogP contribution >= 0.6 is 0 Å². The van der Waals surface area contributed by atoms with Crippen molar-refractivity contribution in [3.8, 4) is 0 Å². The monoisotopic (exact) mass is 568 g/mol. The molecule has 9 heteroatoms. The molecular formula is C32H37F3N3O3+. The molecule has 0 unspecified atom stereocenters. The molecule has 0 spiro atoms. The summed E-state index contributed by atoms with van der Waals surface area (Å²) >= 11 is 0. The summed E-state index contributed by atoms with van der Waals surface area (Å²) < 4.78 is 46.6. The van der Waals surface area contributed by atoms with Crippen molar-refractivity contribution in [2.45, 2.75) is 69.3 Å². The van der Waals surface area contributed by atoms with Gasteiger partial charge in [0.05, 0.1) is 37.4 Å². The molecular weight excluding hydrogens is 531 g/mol. The fourth-order valence-corrected chi connectivity index (χ4v) is 7.40. The summed E-state index contributed by atoms with van der Waals surface area (Å²) in [6, 6.07) is 14.1. The number of carbonyl (C=O) groups excluding carboxylic acids is 1. The largest absolute Gasteiger partial charge is 0.436 e. The highest BCUT2D eigenvalue weighted by Gasteiger charge is 2.48. The van der Waals surface area contributed by atoms with E-state index in [0.29, 0.717) is 35.1 Å². The maximum atomic E-state index is 13.2. The van der Waals surface area contributed by atoms with Gasteiger partial charge in [0.25, 0.3) is 5.91 Å². The van der Waals surface area contributed by atoms with E-state index in [-0.39, 0.29) is 17.5 Å². The minimum atomic E-state index is -4.50. The number of fused-ring (bicyclic) bond motifs is 3. The van der Waals surface area contributed by atoms with Gasteiger partial charge in [-0.2, -0.15) is 13.2 Å². The summed E-state index contributed by atoms with van der Waals surface area (Å²) in [5.74, 6) is 0.886. The van der Waals surface area contributed by atoms with Crippen LogP contribution in [0.3, 0.4) is 0 Å². The van der Waals surface area contributed by atoms with Crippen molar-refractivity contribution in [2.24, 2.45) is 11.8 Å². The molecule has 3 aliphatic heterocycles. The summed E-state index contributed by atoms with van der Waals surface area (Å²) in [4.78, 5) is 17.6. The first-order valence-corrected chi connectivity index (χ1v) is 14.7. The minimum absolute atomic E-state index is 0.0191. The highest BCUT2D eigenvalue weighted by Crippen LogP contribution is 2.44. The molecule has 2 N–H and O–H groups in total. The maximum absolute atomic E-state index is 13.2. The molecule has 2 atom stereocenters. The van der Waals surface area contributed by atoms with Crippen LogP contribution in [0.2, 0.25) is 0 Å². The Morgan fingerprint density at radius 1 is 0.976 bits per heavy atom. The first-order chi connectivity index (χ1) is 19.7. The van der Waals surface area contributed by atoms with Crippen LogP contribution < -0.4 is 5.32 Å². The van der Waals surface area contributed by atoms with Gasteiger partial charge < -0.3 is 19.3 Å². The number of carbonyl (C=O) groups is 1. The van der Waals surface area contributed by atoms with Gasteiger partial charge in [-0.05, 0) is 42.5 Å². The number of oxazole rings is 1. The van der Waals surface area contributed by atoms with Crippen molar-refractivity contribution in [2.75, 3.05) is 19.6 Å². The van der Waals surface area contributed by atoms with Gasteiger partial charge in [-0.25, -0.2) is 4.98 Å². The van der Waals surface area contributed by atoms with E-state index >= 15 is 0 Å². The smallest absolute Gasteiger partial charge is 0.416 e. The minimum Gasteiger partial charge on any atom is -0.436 e. The molecule has 3 saturated heterocycles. The number of nitrogens with zero attached hydrogens (tertiary/aromatic N) is 2. The fourth-order valence-electron chi connectivity index (χ4n) is 7.40. The zero-order chi connectivity index (χ0) is 28.7. The number of rotatable bonds is 7. The number of hydrogen-bond donors (Lipinski definition) is 2. The van der Waals surface area contributed by atoms with Crippen LogP contribution in [-0.4, -0.2) is 46.2 Å². The van der Waals surface area contributed by atoms with E-state index in [0.717, 1.165) is 69.3 Å². The van der Waals surface area contributed by atoms with Gasteiger partial charge in [-0.3, -0.25) is 4.79 Å². The molecule has 0 radical (unpaired) electrons. The zero-order valence-corrected chi connectivity index (χ0v) is 23.1. The molecule has 4 aliphatic rings. The average molecular weight is 569 g/mol. The molecule has 1 aromatic heterocycles. The number of benzene rings is 2. The van der Waals surface area contributed by atoms with E-state index in [2.05, 4.69) is 10.3 Å². The molecule has 4 heterocycles. The van der Waals surface area contributed by atoms with Gasteiger partial charge in [0.15, 0.2) is 11.4 Å². The first kappa shape index (κ1) is 28.0. The molecule has 1 amide bonds. The molecule has 6 nitrogen and oxygen atoms in total. The quantitative estimate of drug-likeness (QED) is 0.341. The third-order valence-corrected chi connectivity index (χ3v) is 9.65. The Kier molecular flexibility index (Phi) is 7.44. The third-order valence-electron chi connectivity index (χ3n) is 9.65. The summed E-state index contributed by atoms with van der Waals surface area (Å²) in [5.41, 5.74) is -1.31. The van der Waals surface area contributed by atoms with Crippen molar-refractivity contribution in [1.29, 1.82) is 0 Å². The van der Waals surface area contributed by atoms with E-state index in [1.807, 2.05) is 30.3 Å². The molecule has 2 bridgehead atoms. The number of alkyl halides is 3. The SMILES string of the molecule is O=C(N[C@@H]1C[N+]2(Cc3cnc([C@](O)(c4ccccc4)C4CCCCC4)o3)CCC1CC2)c1cccc(C(F)(F)F)c1. The molecule has 3 aromatic rings. The van der Waals surface area contributed by atoms with Crippen LogP contribution in [0.5, 0.6) is 0 Å².